The third-order valence-corrected chi connectivity index (χ3v) is 7.72. The quantitative estimate of drug-likeness (QED) is 0.330. The first-order chi connectivity index (χ1) is 17.0. The number of aliphatic hydroxyl groups excluding tert-OH is 1. The fourth-order valence-electron chi connectivity index (χ4n) is 4.65. The molecule has 1 fully saturated rings. The van der Waals surface area contributed by atoms with Gasteiger partial charge in [-0.2, -0.15) is 0 Å². The first-order valence-electron chi connectivity index (χ1n) is 11.9. The van der Waals surface area contributed by atoms with Crippen molar-refractivity contribution in [1.29, 1.82) is 0 Å². The number of aliphatic hydroxyl groups is 1. The van der Waals surface area contributed by atoms with E-state index in [2.05, 4.69) is 17.0 Å². The molecule has 182 valence electrons. The van der Waals surface area contributed by atoms with Crippen molar-refractivity contribution in [3.8, 4) is 0 Å². The molecule has 1 aromatic heterocycles. The summed E-state index contributed by atoms with van der Waals surface area (Å²) in [7, 11) is 0. The first-order valence-corrected chi connectivity index (χ1v) is 12.8. The summed E-state index contributed by atoms with van der Waals surface area (Å²) in [6.07, 6.45) is 0.843. The molecule has 4 nitrogen and oxygen atoms in total. The molecule has 1 aliphatic heterocycles. The van der Waals surface area contributed by atoms with E-state index in [0.717, 1.165) is 42.6 Å². The average Bonchev–Trinajstić information content (AvgIpc) is 3.31. The van der Waals surface area contributed by atoms with E-state index in [1.54, 1.807) is 35.6 Å². The molecule has 0 unspecified atom stereocenters. The smallest absolute Gasteiger partial charge is 0.123 e. The Morgan fingerprint density at radius 1 is 0.914 bits per heavy atom. The Morgan fingerprint density at radius 3 is 2.11 bits per heavy atom. The Kier molecular flexibility index (Phi) is 7.48. The van der Waals surface area contributed by atoms with Crippen LogP contribution >= 0.6 is 11.3 Å². The van der Waals surface area contributed by atoms with Gasteiger partial charge >= 0.3 is 0 Å². The Labute approximate surface area is 207 Å². The second-order valence-corrected chi connectivity index (χ2v) is 10.1. The van der Waals surface area contributed by atoms with Crippen LogP contribution in [0.1, 0.15) is 41.0 Å². The highest BCUT2D eigenvalue weighted by Gasteiger charge is 2.25. The zero-order valence-electron chi connectivity index (χ0n) is 19.3. The topological polar surface area (TPSA) is 45.6 Å². The van der Waals surface area contributed by atoms with Crippen LogP contribution in [0.4, 0.5) is 8.78 Å². The maximum Gasteiger partial charge on any atom is 0.123 e. The summed E-state index contributed by atoms with van der Waals surface area (Å²) in [4.78, 5) is 7.09. The number of ether oxygens (including phenoxy) is 1. The van der Waals surface area contributed by atoms with Gasteiger partial charge in [0.15, 0.2) is 0 Å². The van der Waals surface area contributed by atoms with E-state index in [9.17, 15) is 13.9 Å². The fourth-order valence-corrected chi connectivity index (χ4v) is 5.78. The summed E-state index contributed by atoms with van der Waals surface area (Å²) in [6.45, 7) is 2.44. The molecule has 0 radical (unpaired) electrons. The number of nitrogens with zero attached hydrogens (tertiary/aromatic N) is 2. The predicted octanol–water partition coefficient (Wildman–Crippen LogP) is 5.92. The second-order valence-electron chi connectivity index (χ2n) is 9.07. The lowest BCUT2D eigenvalue weighted by atomic mass is 9.97. The molecule has 0 spiro atoms. The van der Waals surface area contributed by atoms with E-state index in [1.807, 2.05) is 12.1 Å². The molecule has 0 amide bonds. The largest absolute Gasteiger partial charge is 0.389 e. The summed E-state index contributed by atoms with van der Waals surface area (Å²) >= 11 is 1.78. The van der Waals surface area contributed by atoms with Crippen LogP contribution in [0, 0.1) is 11.6 Å². The standard InChI is InChI=1S/C28H28F2N2O2S/c29-22-9-5-19(6-10-22)27(20-7-11-23(30)12-8-20)34-18-24(33)17-32-15-13-21(14-16-32)28-31-25-3-1-2-4-26(25)35-28/h1-12,21,24,27,33H,13-18H2/t24-/m0/s1. The lowest BCUT2D eigenvalue weighted by Crippen LogP contribution is -2.40. The molecule has 2 heterocycles. The summed E-state index contributed by atoms with van der Waals surface area (Å²) in [5.74, 6) is -0.208. The molecule has 1 saturated heterocycles. The number of benzene rings is 3. The summed E-state index contributed by atoms with van der Waals surface area (Å²) < 4.78 is 34.2. The van der Waals surface area contributed by atoms with E-state index >= 15 is 0 Å². The van der Waals surface area contributed by atoms with Gasteiger partial charge < -0.3 is 14.7 Å². The van der Waals surface area contributed by atoms with Crippen molar-refractivity contribution in [2.24, 2.45) is 0 Å². The number of β-amino-alcohol motifs (C(OH)–C–C–N with tert-alkyl or cyclic N) is 1. The monoisotopic (exact) mass is 494 g/mol. The number of piperidine rings is 1. The van der Waals surface area contributed by atoms with Crippen molar-refractivity contribution in [2.75, 3.05) is 26.2 Å². The van der Waals surface area contributed by atoms with Crippen molar-refractivity contribution in [3.63, 3.8) is 0 Å². The molecule has 5 rings (SSSR count). The molecule has 1 aliphatic rings. The van der Waals surface area contributed by atoms with Gasteiger partial charge in [-0.15, -0.1) is 11.3 Å². The van der Waals surface area contributed by atoms with Crippen LogP contribution in [0.25, 0.3) is 10.2 Å². The Hall–Kier alpha value is -2.71. The molecule has 35 heavy (non-hydrogen) atoms. The molecule has 1 N–H and O–H groups in total. The lowest BCUT2D eigenvalue weighted by molar-refractivity contribution is -0.0111. The van der Waals surface area contributed by atoms with Crippen LogP contribution in [-0.2, 0) is 4.74 Å². The van der Waals surface area contributed by atoms with Gasteiger partial charge in [-0.05, 0) is 73.5 Å². The minimum atomic E-state index is -0.669. The SMILES string of the molecule is O[C@H](COC(c1ccc(F)cc1)c1ccc(F)cc1)CN1CCC(c2nc3ccccc3s2)CC1. The summed E-state index contributed by atoms with van der Waals surface area (Å²) in [5.41, 5.74) is 2.57. The second kappa shape index (κ2) is 10.9. The Bertz CT molecular complexity index is 1160. The minimum absolute atomic E-state index is 0.122. The number of fused-ring (bicyclic) bond motifs is 1. The van der Waals surface area contributed by atoms with Crippen molar-refractivity contribution >= 4 is 21.6 Å². The number of rotatable bonds is 8. The molecular formula is C28H28F2N2O2S. The molecule has 3 aromatic carbocycles. The van der Waals surface area contributed by atoms with Crippen LogP contribution < -0.4 is 0 Å². The number of para-hydroxylation sites is 1. The normalized spacial score (nSPS) is 16.2. The number of likely N-dealkylation sites (tertiary alicyclic amines) is 1. The van der Waals surface area contributed by atoms with Gasteiger partial charge in [0, 0.05) is 12.5 Å². The number of hydrogen-bond acceptors (Lipinski definition) is 5. The first kappa shape index (κ1) is 24.0. The van der Waals surface area contributed by atoms with E-state index in [-0.39, 0.29) is 18.2 Å². The van der Waals surface area contributed by atoms with Gasteiger partial charge in [0.05, 0.1) is 27.9 Å². The van der Waals surface area contributed by atoms with E-state index in [0.29, 0.717) is 12.5 Å². The molecule has 0 aliphatic carbocycles. The van der Waals surface area contributed by atoms with Crippen LogP contribution in [0.2, 0.25) is 0 Å². The van der Waals surface area contributed by atoms with Gasteiger partial charge in [0.2, 0.25) is 0 Å². The highest BCUT2D eigenvalue weighted by molar-refractivity contribution is 7.18. The van der Waals surface area contributed by atoms with Crippen molar-refractivity contribution in [2.45, 2.75) is 31.0 Å². The zero-order valence-corrected chi connectivity index (χ0v) is 20.1. The van der Waals surface area contributed by atoms with Crippen LogP contribution in [-0.4, -0.2) is 47.3 Å². The molecule has 0 bridgehead atoms. The van der Waals surface area contributed by atoms with Crippen LogP contribution in [0.5, 0.6) is 0 Å². The third-order valence-electron chi connectivity index (χ3n) is 6.52. The minimum Gasteiger partial charge on any atom is -0.389 e. The van der Waals surface area contributed by atoms with Crippen molar-refractivity contribution in [3.05, 3.63) is 101 Å². The van der Waals surface area contributed by atoms with Gasteiger partial charge in [-0.25, -0.2) is 13.8 Å². The summed E-state index contributed by atoms with van der Waals surface area (Å²) in [5, 5.41) is 11.9. The molecule has 4 aromatic rings. The highest BCUT2D eigenvalue weighted by Crippen LogP contribution is 2.34. The average molecular weight is 495 g/mol. The van der Waals surface area contributed by atoms with Crippen molar-refractivity contribution in [1.82, 2.24) is 9.88 Å². The number of thiazole rings is 1. The molecule has 1 atom stereocenters. The molecule has 7 heteroatoms. The number of hydrogen-bond donors (Lipinski definition) is 1. The molecule has 0 saturated carbocycles. The van der Waals surface area contributed by atoms with Gasteiger partial charge in [0.1, 0.15) is 17.7 Å². The van der Waals surface area contributed by atoms with E-state index in [1.165, 1.54) is 34.0 Å². The third kappa shape index (κ3) is 5.93. The van der Waals surface area contributed by atoms with Gasteiger partial charge in [-0.1, -0.05) is 36.4 Å². The lowest BCUT2D eigenvalue weighted by Gasteiger charge is -2.32. The van der Waals surface area contributed by atoms with Gasteiger partial charge in [-0.3, -0.25) is 0 Å². The Balaban J connectivity index is 1.16. The van der Waals surface area contributed by atoms with Crippen LogP contribution in [0.15, 0.2) is 72.8 Å². The maximum absolute atomic E-state index is 13.4. The molecular weight excluding hydrogens is 466 g/mol. The maximum atomic E-state index is 13.4. The van der Waals surface area contributed by atoms with Crippen LogP contribution in [0.3, 0.4) is 0 Å². The fraction of sp³-hybridized carbons (Fsp3) is 0.321. The Morgan fingerprint density at radius 2 is 1.51 bits per heavy atom. The number of halogens is 2. The van der Waals surface area contributed by atoms with Crippen molar-refractivity contribution < 1.29 is 18.6 Å². The predicted molar refractivity (Wildman–Crippen MR) is 135 cm³/mol. The van der Waals surface area contributed by atoms with E-state index < -0.39 is 12.2 Å². The number of aromatic nitrogens is 1. The summed E-state index contributed by atoms with van der Waals surface area (Å²) in [6, 6.07) is 20.4. The zero-order chi connectivity index (χ0) is 24.2. The van der Waals surface area contributed by atoms with E-state index in [4.69, 9.17) is 9.72 Å². The van der Waals surface area contributed by atoms with Gasteiger partial charge in [0.25, 0.3) is 0 Å². The highest BCUT2D eigenvalue weighted by atomic mass is 32.1.